The fraction of sp³-hybridized carbons (Fsp3) is 0.154. The van der Waals surface area contributed by atoms with Crippen LogP contribution in [0.15, 0.2) is 60.7 Å². The van der Waals surface area contributed by atoms with Crippen LogP contribution >= 0.6 is 45.2 Å². The average Bonchev–Trinajstić information content (AvgIpc) is 2.80. The average molecular weight is 684 g/mol. The van der Waals surface area contributed by atoms with E-state index in [9.17, 15) is 9.59 Å². The molecule has 4 aromatic rings. The number of halogens is 2. The molecule has 4 rings (SSSR count). The summed E-state index contributed by atoms with van der Waals surface area (Å²) in [5.74, 6) is 2.10. The Labute approximate surface area is 224 Å². The van der Waals surface area contributed by atoms with Crippen molar-refractivity contribution < 1.29 is 28.5 Å². The highest BCUT2D eigenvalue weighted by Gasteiger charge is 2.08. The molecular weight excluding hydrogens is 662 g/mol. The lowest BCUT2D eigenvalue weighted by Gasteiger charge is -2.08. The van der Waals surface area contributed by atoms with Crippen LogP contribution in [0, 0.1) is 7.14 Å². The Hall–Kier alpha value is -2.60. The second-order valence-electron chi connectivity index (χ2n) is 7.12. The maximum Gasteiger partial charge on any atom is 0.308 e. The van der Waals surface area contributed by atoms with E-state index in [0.717, 1.165) is 40.2 Å². The van der Waals surface area contributed by atoms with E-state index >= 15 is 0 Å². The van der Waals surface area contributed by atoms with Crippen LogP contribution in [0.25, 0.3) is 21.5 Å². The number of hydrogen-bond donors (Lipinski definition) is 0. The van der Waals surface area contributed by atoms with Crippen LogP contribution in [0.1, 0.15) is 13.8 Å². The first-order chi connectivity index (χ1) is 16.2. The van der Waals surface area contributed by atoms with Crippen molar-refractivity contribution in [3.8, 4) is 23.0 Å². The summed E-state index contributed by atoms with van der Waals surface area (Å²) < 4.78 is 22.7. The van der Waals surface area contributed by atoms with Gasteiger partial charge in [-0.3, -0.25) is 9.59 Å². The molecule has 0 atom stereocenters. The van der Waals surface area contributed by atoms with Crippen LogP contribution in [0.2, 0.25) is 0 Å². The zero-order valence-corrected chi connectivity index (χ0v) is 23.3. The maximum absolute atomic E-state index is 10.9. The van der Waals surface area contributed by atoms with Gasteiger partial charge in [-0.05, 0) is 92.4 Å². The van der Waals surface area contributed by atoms with Gasteiger partial charge in [0.25, 0.3) is 0 Å². The number of carbonyl (C=O) groups excluding carboxylic acids is 2. The van der Waals surface area contributed by atoms with E-state index in [1.165, 1.54) is 13.8 Å². The van der Waals surface area contributed by atoms with E-state index in [2.05, 4.69) is 45.2 Å². The van der Waals surface area contributed by atoms with Gasteiger partial charge in [0.1, 0.15) is 23.0 Å². The molecule has 0 saturated heterocycles. The van der Waals surface area contributed by atoms with Gasteiger partial charge in [0, 0.05) is 24.6 Å². The molecule has 0 aliphatic rings. The lowest BCUT2D eigenvalue weighted by atomic mass is 10.1. The smallest absolute Gasteiger partial charge is 0.308 e. The van der Waals surface area contributed by atoms with Gasteiger partial charge in [0.2, 0.25) is 0 Å². The highest BCUT2D eigenvalue weighted by Crippen LogP contribution is 2.33. The summed E-state index contributed by atoms with van der Waals surface area (Å²) in [6.45, 7) is 2.78. The second-order valence-corrected chi connectivity index (χ2v) is 9.27. The predicted molar refractivity (Wildman–Crippen MR) is 149 cm³/mol. The van der Waals surface area contributed by atoms with Crippen molar-refractivity contribution in [1.29, 1.82) is 0 Å². The maximum atomic E-state index is 10.9. The van der Waals surface area contributed by atoms with Crippen molar-refractivity contribution in [3.05, 3.63) is 67.8 Å². The molecule has 0 fully saturated rings. The Bertz CT molecular complexity index is 1260. The molecular formula is C26H22I2O6. The normalized spacial score (nSPS) is 10.3. The van der Waals surface area contributed by atoms with E-state index in [1.807, 2.05) is 48.5 Å². The van der Waals surface area contributed by atoms with E-state index in [4.69, 9.17) is 18.9 Å². The molecule has 0 unspecified atom stereocenters. The largest absolute Gasteiger partial charge is 0.496 e. The Balaban J connectivity index is 0.000000191. The fourth-order valence-corrected chi connectivity index (χ4v) is 4.99. The lowest BCUT2D eigenvalue weighted by Crippen LogP contribution is -2.01. The lowest BCUT2D eigenvalue weighted by molar-refractivity contribution is -0.132. The third kappa shape index (κ3) is 6.29. The summed E-state index contributed by atoms with van der Waals surface area (Å²) in [5, 5.41) is 4.21. The van der Waals surface area contributed by atoms with Crippen molar-refractivity contribution in [3.63, 3.8) is 0 Å². The Morgan fingerprint density at radius 3 is 1.29 bits per heavy atom. The summed E-state index contributed by atoms with van der Waals surface area (Å²) in [5.41, 5.74) is 0. The molecule has 0 radical (unpaired) electrons. The van der Waals surface area contributed by atoms with Crippen LogP contribution in [-0.2, 0) is 9.59 Å². The molecule has 6 nitrogen and oxygen atoms in total. The molecule has 34 heavy (non-hydrogen) atoms. The molecule has 4 aromatic carbocycles. The highest BCUT2D eigenvalue weighted by atomic mass is 127. The van der Waals surface area contributed by atoms with E-state index in [1.54, 1.807) is 26.4 Å². The summed E-state index contributed by atoms with van der Waals surface area (Å²) in [6, 6.07) is 18.9. The molecule has 0 aliphatic heterocycles. The van der Waals surface area contributed by atoms with Gasteiger partial charge in [-0.25, -0.2) is 0 Å². The predicted octanol–water partition coefficient (Wildman–Crippen LogP) is 6.76. The van der Waals surface area contributed by atoms with Gasteiger partial charge in [0.15, 0.2) is 0 Å². The van der Waals surface area contributed by atoms with Gasteiger partial charge in [-0.15, -0.1) is 0 Å². The number of benzene rings is 4. The first-order valence-electron chi connectivity index (χ1n) is 10.1. The molecule has 176 valence electrons. The van der Waals surface area contributed by atoms with Gasteiger partial charge in [-0.1, -0.05) is 24.3 Å². The van der Waals surface area contributed by atoms with Crippen molar-refractivity contribution in [2.24, 2.45) is 0 Å². The summed E-state index contributed by atoms with van der Waals surface area (Å²) >= 11 is 4.45. The van der Waals surface area contributed by atoms with Gasteiger partial charge in [-0.2, -0.15) is 0 Å². The SMILES string of the molecule is COc1ccc2ccc(OC(C)=O)cc2c1I.COc1ccc2ccc(OC(C)=O)cc2c1I. The minimum absolute atomic E-state index is 0.317. The molecule has 8 heteroatoms. The molecule has 0 aliphatic carbocycles. The van der Waals surface area contributed by atoms with E-state index in [0.29, 0.717) is 11.5 Å². The van der Waals surface area contributed by atoms with Crippen LogP contribution in [0.3, 0.4) is 0 Å². The zero-order valence-electron chi connectivity index (χ0n) is 19.0. The molecule has 0 saturated carbocycles. The van der Waals surface area contributed by atoms with Crippen molar-refractivity contribution >= 4 is 78.7 Å². The Morgan fingerprint density at radius 1 is 0.618 bits per heavy atom. The molecule has 0 heterocycles. The minimum Gasteiger partial charge on any atom is -0.496 e. The number of hydrogen-bond acceptors (Lipinski definition) is 6. The second kappa shape index (κ2) is 11.7. The minimum atomic E-state index is -0.317. The van der Waals surface area contributed by atoms with Crippen molar-refractivity contribution in [1.82, 2.24) is 0 Å². The van der Waals surface area contributed by atoms with Gasteiger partial charge in [0.05, 0.1) is 21.4 Å². The number of carbonyl (C=O) groups is 2. The van der Waals surface area contributed by atoms with E-state index in [-0.39, 0.29) is 11.9 Å². The fourth-order valence-electron chi connectivity index (χ4n) is 3.26. The van der Waals surface area contributed by atoms with Crippen molar-refractivity contribution in [2.75, 3.05) is 14.2 Å². The zero-order chi connectivity index (χ0) is 24.8. The van der Waals surface area contributed by atoms with Crippen LogP contribution in [0.4, 0.5) is 0 Å². The number of methoxy groups -OCH3 is 2. The van der Waals surface area contributed by atoms with Crippen LogP contribution in [-0.4, -0.2) is 26.2 Å². The number of rotatable bonds is 4. The summed E-state index contributed by atoms with van der Waals surface area (Å²) in [6.07, 6.45) is 0. The summed E-state index contributed by atoms with van der Waals surface area (Å²) in [7, 11) is 3.28. The van der Waals surface area contributed by atoms with Crippen LogP contribution in [0.5, 0.6) is 23.0 Å². The Morgan fingerprint density at radius 2 is 0.971 bits per heavy atom. The quantitative estimate of drug-likeness (QED) is 0.135. The molecule has 0 bridgehead atoms. The molecule has 0 N–H and O–H groups in total. The number of fused-ring (bicyclic) bond motifs is 2. The van der Waals surface area contributed by atoms with Crippen molar-refractivity contribution in [2.45, 2.75) is 13.8 Å². The third-order valence-electron chi connectivity index (χ3n) is 4.75. The van der Waals surface area contributed by atoms with Crippen LogP contribution < -0.4 is 18.9 Å². The monoisotopic (exact) mass is 684 g/mol. The molecule has 0 amide bonds. The molecule has 0 spiro atoms. The number of esters is 2. The third-order valence-corrected chi connectivity index (χ3v) is 6.97. The standard InChI is InChI=1S/2C13H11IO3/c2*1-8(15)17-10-5-3-9-4-6-12(16-2)13(14)11(9)7-10/h2*3-7H,1-2H3. The van der Waals surface area contributed by atoms with Gasteiger partial charge < -0.3 is 18.9 Å². The number of ether oxygens (including phenoxy) is 4. The Kier molecular flexibility index (Phi) is 8.95. The molecule has 0 aromatic heterocycles. The topological polar surface area (TPSA) is 71.1 Å². The van der Waals surface area contributed by atoms with Gasteiger partial charge >= 0.3 is 11.9 Å². The van der Waals surface area contributed by atoms with E-state index < -0.39 is 0 Å². The first kappa shape index (κ1) is 26.0. The summed E-state index contributed by atoms with van der Waals surface area (Å²) in [4.78, 5) is 21.8. The highest BCUT2D eigenvalue weighted by molar-refractivity contribution is 14.1. The first-order valence-corrected chi connectivity index (χ1v) is 12.3.